The fourth-order valence-corrected chi connectivity index (χ4v) is 3.05. The van der Waals surface area contributed by atoms with E-state index in [0.717, 1.165) is 13.0 Å². The molecule has 1 aliphatic heterocycles. The highest BCUT2D eigenvalue weighted by molar-refractivity contribution is 5.94. The summed E-state index contributed by atoms with van der Waals surface area (Å²) in [7, 11) is 3.16. The number of halogens is 1. The number of hydrogen-bond donors (Lipinski definition) is 1. The molecule has 1 fully saturated rings. The van der Waals surface area contributed by atoms with Crippen LogP contribution in [0.1, 0.15) is 30.6 Å². The van der Waals surface area contributed by atoms with E-state index in [1.54, 1.807) is 11.9 Å². The second-order valence-electron chi connectivity index (χ2n) is 6.92. The highest BCUT2D eigenvalue weighted by atomic mass is 19.1. The molecule has 2 rings (SSSR count). The lowest BCUT2D eigenvalue weighted by atomic mass is 9.99. The summed E-state index contributed by atoms with van der Waals surface area (Å²) >= 11 is 0. The van der Waals surface area contributed by atoms with Crippen LogP contribution >= 0.6 is 0 Å². The summed E-state index contributed by atoms with van der Waals surface area (Å²) in [6.45, 7) is 6.28. The minimum atomic E-state index is -0.481. The number of ether oxygens (including phenoxy) is 1. The Balaban J connectivity index is 2.11. The van der Waals surface area contributed by atoms with Crippen LogP contribution in [0.5, 0.6) is 5.75 Å². The molecule has 6 heteroatoms. The van der Waals surface area contributed by atoms with Crippen molar-refractivity contribution in [1.82, 2.24) is 9.80 Å². The maximum absolute atomic E-state index is 13.5. The number of nitrogens with zero attached hydrogens (tertiary/aromatic N) is 2. The number of carbonyl (C=O) groups excluding carboxylic acids is 1. The van der Waals surface area contributed by atoms with Crippen LogP contribution in [0.25, 0.3) is 0 Å². The zero-order valence-corrected chi connectivity index (χ0v) is 14.8. The molecule has 0 aromatic heterocycles. The van der Waals surface area contributed by atoms with Gasteiger partial charge in [0.05, 0.1) is 13.2 Å². The third-order valence-electron chi connectivity index (χ3n) is 4.42. The predicted molar refractivity (Wildman–Crippen MR) is 90.7 cm³/mol. The minimum Gasteiger partial charge on any atom is -0.494 e. The van der Waals surface area contributed by atoms with E-state index in [9.17, 15) is 14.3 Å². The molecule has 1 aliphatic rings. The molecule has 1 N–H and O–H groups in total. The van der Waals surface area contributed by atoms with Crippen LogP contribution in [0.3, 0.4) is 0 Å². The Bertz CT molecular complexity index is 573. The minimum absolute atomic E-state index is 0.0426. The Hall–Kier alpha value is -1.66. The van der Waals surface area contributed by atoms with Crippen molar-refractivity contribution in [3.05, 3.63) is 29.6 Å². The number of likely N-dealkylation sites (N-methyl/N-ethyl adjacent to an activating group) is 1. The van der Waals surface area contributed by atoms with E-state index in [-0.39, 0.29) is 23.8 Å². The molecule has 5 nitrogen and oxygen atoms in total. The molecule has 0 aliphatic carbocycles. The second kappa shape index (κ2) is 7.94. The Kier molecular flexibility index (Phi) is 6.18. The molecule has 1 heterocycles. The number of β-amino-alcohol motifs (C(OH)–C–C–N with tert-alkyl or cyclic N) is 1. The smallest absolute Gasteiger partial charge is 0.254 e. The number of benzene rings is 1. The summed E-state index contributed by atoms with van der Waals surface area (Å²) < 4.78 is 18.5. The first-order chi connectivity index (χ1) is 11.3. The first-order valence-corrected chi connectivity index (χ1v) is 8.33. The van der Waals surface area contributed by atoms with Crippen LogP contribution in [0.15, 0.2) is 18.2 Å². The van der Waals surface area contributed by atoms with Gasteiger partial charge in [-0.25, -0.2) is 4.39 Å². The molecule has 0 bridgehead atoms. The standard InChI is InChI=1S/C18H27FN2O3/c1-12(2)7-14(9-21-10-15(22)11-21)20(3)18(23)13-5-6-16(19)17(8-13)24-4/h5-6,8,12,14-15,22H,7,9-11H2,1-4H3. The summed E-state index contributed by atoms with van der Waals surface area (Å²) in [5.74, 6) is -0.121. The third-order valence-corrected chi connectivity index (χ3v) is 4.42. The Morgan fingerprint density at radius 3 is 2.67 bits per heavy atom. The molecule has 0 spiro atoms. The summed E-state index contributed by atoms with van der Waals surface area (Å²) in [4.78, 5) is 16.6. The topological polar surface area (TPSA) is 53.0 Å². The lowest BCUT2D eigenvalue weighted by Gasteiger charge is -2.41. The van der Waals surface area contributed by atoms with Gasteiger partial charge in [-0.05, 0) is 30.5 Å². The number of amides is 1. The summed E-state index contributed by atoms with van der Waals surface area (Å²) in [6.07, 6.45) is 0.611. The van der Waals surface area contributed by atoms with Gasteiger partial charge in [-0.2, -0.15) is 0 Å². The zero-order valence-electron chi connectivity index (χ0n) is 14.8. The predicted octanol–water partition coefficient (Wildman–Crippen LogP) is 2.00. The van der Waals surface area contributed by atoms with Gasteiger partial charge in [0.2, 0.25) is 0 Å². The van der Waals surface area contributed by atoms with Gasteiger partial charge >= 0.3 is 0 Å². The van der Waals surface area contributed by atoms with Gasteiger partial charge < -0.3 is 14.7 Å². The number of hydrogen-bond acceptors (Lipinski definition) is 4. The largest absolute Gasteiger partial charge is 0.494 e. The molecule has 0 radical (unpaired) electrons. The van der Waals surface area contributed by atoms with E-state index in [0.29, 0.717) is 24.6 Å². The van der Waals surface area contributed by atoms with Crippen LogP contribution in [0.2, 0.25) is 0 Å². The van der Waals surface area contributed by atoms with Crippen molar-refractivity contribution >= 4 is 5.91 Å². The highest BCUT2D eigenvalue weighted by Crippen LogP contribution is 2.22. The maximum Gasteiger partial charge on any atom is 0.254 e. The third kappa shape index (κ3) is 4.45. The van der Waals surface area contributed by atoms with Gasteiger partial charge in [-0.3, -0.25) is 9.69 Å². The second-order valence-corrected chi connectivity index (χ2v) is 6.92. The van der Waals surface area contributed by atoms with Crippen molar-refractivity contribution in [2.75, 3.05) is 33.8 Å². The van der Waals surface area contributed by atoms with Crippen molar-refractivity contribution in [1.29, 1.82) is 0 Å². The molecular formula is C18H27FN2O3. The lowest BCUT2D eigenvalue weighted by molar-refractivity contribution is -0.0123. The van der Waals surface area contributed by atoms with E-state index < -0.39 is 5.82 Å². The first kappa shape index (κ1) is 18.7. The van der Waals surface area contributed by atoms with Crippen molar-refractivity contribution in [2.24, 2.45) is 5.92 Å². The molecule has 24 heavy (non-hydrogen) atoms. The van der Waals surface area contributed by atoms with E-state index >= 15 is 0 Å². The molecule has 1 aromatic carbocycles. The SMILES string of the molecule is COc1cc(C(=O)N(C)C(CC(C)C)CN2CC(O)C2)ccc1F. The van der Waals surface area contributed by atoms with Gasteiger partial charge in [0.1, 0.15) is 0 Å². The molecule has 0 saturated carbocycles. The number of methoxy groups -OCH3 is 1. The lowest BCUT2D eigenvalue weighted by Crippen LogP contribution is -2.56. The molecule has 134 valence electrons. The van der Waals surface area contributed by atoms with Crippen molar-refractivity contribution in [3.8, 4) is 5.75 Å². The monoisotopic (exact) mass is 338 g/mol. The van der Waals surface area contributed by atoms with E-state index in [1.165, 1.54) is 25.3 Å². The maximum atomic E-state index is 13.5. The van der Waals surface area contributed by atoms with Crippen LogP contribution in [-0.2, 0) is 0 Å². The molecule has 1 atom stereocenters. The average Bonchev–Trinajstić information content (AvgIpc) is 2.51. The molecular weight excluding hydrogens is 311 g/mol. The number of aliphatic hydroxyl groups is 1. The zero-order chi connectivity index (χ0) is 17.9. The fraction of sp³-hybridized carbons (Fsp3) is 0.611. The molecule has 1 saturated heterocycles. The number of likely N-dealkylation sites (tertiary alicyclic amines) is 1. The van der Waals surface area contributed by atoms with Gasteiger partial charge in [-0.1, -0.05) is 13.8 Å². The van der Waals surface area contributed by atoms with Gasteiger partial charge in [-0.15, -0.1) is 0 Å². The van der Waals surface area contributed by atoms with Gasteiger partial charge in [0, 0.05) is 38.3 Å². The van der Waals surface area contributed by atoms with Crippen LogP contribution in [-0.4, -0.2) is 66.8 Å². The van der Waals surface area contributed by atoms with Crippen molar-refractivity contribution < 1.29 is 19.0 Å². The molecule has 1 unspecified atom stereocenters. The summed E-state index contributed by atoms with van der Waals surface area (Å²) in [6, 6.07) is 4.22. The van der Waals surface area contributed by atoms with Crippen LogP contribution in [0.4, 0.5) is 4.39 Å². The van der Waals surface area contributed by atoms with Crippen molar-refractivity contribution in [2.45, 2.75) is 32.4 Å². The highest BCUT2D eigenvalue weighted by Gasteiger charge is 2.30. The van der Waals surface area contributed by atoms with Gasteiger partial charge in [0.15, 0.2) is 11.6 Å². The van der Waals surface area contributed by atoms with E-state index in [4.69, 9.17) is 4.74 Å². The molecule has 1 amide bonds. The van der Waals surface area contributed by atoms with E-state index in [1.807, 2.05) is 0 Å². The van der Waals surface area contributed by atoms with Crippen LogP contribution in [0, 0.1) is 11.7 Å². The number of carbonyl (C=O) groups is 1. The Morgan fingerprint density at radius 2 is 2.12 bits per heavy atom. The number of rotatable bonds is 7. The Morgan fingerprint density at radius 1 is 1.46 bits per heavy atom. The van der Waals surface area contributed by atoms with Gasteiger partial charge in [0.25, 0.3) is 5.91 Å². The van der Waals surface area contributed by atoms with E-state index in [2.05, 4.69) is 18.7 Å². The quantitative estimate of drug-likeness (QED) is 0.826. The summed E-state index contributed by atoms with van der Waals surface area (Å²) in [5, 5.41) is 9.45. The fourth-order valence-electron chi connectivity index (χ4n) is 3.05. The molecule has 1 aromatic rings. The average molecular weight is 338 g/mol. The van der Waals surface area contributed by atoms with Crippen LogP contribution < -0.4 is 4.74 Å². The first-order valence-electron chi connectivity index (χ1n) is 8.33. The van der Waals surface area contributed by atoms with Crippen molar-refractivity contribution in [3.63, 3.8) is 0 Å². The number of aliphatic hydroxyl groups excluding tert-OH is 1. The summed E-state index contributed by atoms with van der Waals surface area (Å²) in [5.41, 5.74) is 0.410. The normalized spacial score (nSPS) is 16.8. The Labute approximate surface area is 143 Å².